The summed E-state index contributed by atoms with van der Waals surface area (Å²) in [4.78, 5) is 0. The number of nitrogens with one attached hydrogen (secondary N) is 1. The first-order chi connectivity index (χ1) is 9.50. The number of hydrogen-bond donors (Lipinski definition) is 1. The first-order valence-electron chi connectivity index (χ1n) is 7.18. The zero-order valence-corrected chi connectivity index (χ0v) is 15.2. The average Bonchev–Trinajstić information content (AvgIpc) is 2.43. The molecular weight excluding hydrogens is 385 g/mol. The smallest absolute Gasteiger partial charge is 0.150 e. The third kappa shape index (κ3) is 6.10. The summed E-state index contributed by atoms with van der Waals surface area (Å²) in [6, 6.07) is 8.54. The Morgan fingerprint density at radius 2 is 1.95 bits per heavy atom. The monoisotopic (exact) mass is 409 g/mol. The lowest BCUT2D eigenvalue weighted by molar-refractivity contribution is 0.490. The molecule has 0 fully saturated rings. The lowest BCUT2D eigenvalue weighted by Crippen LogP contribution is -2.23. The van der Waals surface area contributed by atoms with E-state index in [0.717, 1.165) is 19.4 Å². The summed E-state index contributed by atoms with van der Waals surface area (Å²) >= 11 is 2.34. The van der Waals surface area contributed by atoms with Gasteiger partial charge in [0.1, 0.15) is 9.84 Å². The highest BCUT2D eigenvalue weighted by atomic mass is 127. The molecule has 5 heteroatoms. The highest BCUT2D eigenvalue weighted by molar-refractivity contribution is 14.1. The summed E-state index contributed by atoms with van der Waals surface area (Å²) in [5.74, 6) is 0.528. The van der Waals surface area contributed by atoms with Crippen LogP contribution in [0.1, 0.15) is 44.7 Å². The van der Waals surface area contributed by atoms with Crippen LogP contribution in [0.4, 0.5) is 0 Å². The van der Waals surface area contributed by atoms with Crippen LogP contribution >= 0.6 is 22.6 Å². The molecule has 1 unspecified atom stereocenters. The molecule has 1 rings (SSSR count). The molecule has 114 valence electrons. The van der Waals surface area contributed by atoms with Crippen LogP contribution in [0.5, 0.6) is 0 Å². The maximum atomic E-state index is 11.6. The molecule has 0 radical (unpaired) electrons. The number of hydrogen-bond acceptors (Lipinski definition) is 3. The number of rotatable bonds is 9. The Labute approximate surface area is 136 Å². The molecule has 0 saturated carbocycles. The zero-order valence-electron chi connectivity index (χ0n) is 12.2. The van der Waals surface area contributed by atoms with Crippen molar-refractivity contribution in [2.24, 2.45) is 0 Å². The quantitative estimate of drug-likeness (QED) is 0.635. The number of benzene rings is 1. The molecule has 1 aromatic rings. The first kappa shape index (κ1) is 17.9. The third-order valence-corrected chi connectivity index (χ3v) is 6.08. The second-order valence-corrected chi connectivity index (χ2v) is 8.54. The van der Waals surface area contributed by atoms with Gasteiger partial charge in [0.25, 0.3) is 0 Å². The fraction of sp³-hybridized carbons (Fsp3) is 0.600. The Balaban J connectivity index is 2.68. The van der Waals surface area contributed by atoms with Gasteiger partial charge in [-0.1, -0.05) is 32.0 Å². The van der Waals surface area contributed by atoms with Gasteiger partial charge in [0.2, 0.25) is 0 Å². The molecule has 0 amide bonds. The van der Waals surface area contributed by atoms with Crippen molar-refractivity contribution in [3.05, 3.63) is 33.4 Å². The van der Waals surface area contributed by atoms with Crippen LogP contribution in [0.2, 0.25) is 0 Å². The molecule has 3 nitrogen and oxygen atoms in total. The molecule has 0 heterocycles. The van der Waals surface area contributed by atoms with E-state index in [0.29, 0.717) is 6.42 Å². The van der Waals surface area contributed by atoms with Gasteiger partial charge in [-0.3, -0.25) is 0 Å². The topological polar surface area (TPSA) is 46.2 Å². The van der Waals surface area contributed by atoms with Crippen LogP contribution in [0.25, 0.3) is 0 Å². The van der Waals surface area contributed by atoms with Crippen molar-refractivity contribution in [3.63, 3.8) is 0 Å². The lowest BCUT2D eigenvalue weighted by atomic mass is 10.0. The van der Waals surface area contributed by atoms with Crippen molar-refractivity contribution in [2.75, 3.05) is 18.1 Å². The van der Waals surface area contributed by atoms with Gasteiger partial charge in [0.05, 0.1) is 5.75 Å². The minimum Gasteiger partial charge on any atom is -0.310 e. The summed E-state index contributed by atoms with van der Waals surface area (Å²) < 4.78 is 24.4. The van der Waals surface area contributed by atoms with Crippen LogP contribution < -0.4 is 5.32 Å². The minimum absolute atomic E-state index is 0.239. The second kappa shape index (κ2) is 9.00. The van der Waals surface area contributed by atoms with E-state index in [1.165, 1.54) is 9.13 Å². The Hall–Kier alpha value is -0.140. The Kier molecular flexibility index (Phi) is 8.06. The molecule has 1 aromatic carbocycles. The van der Waals surface area contributed by atoms with Crippen molar-refractivity contribution in [3.8, 4) is 0 Å². The second-order valence-electron chi connectivity index (χ2n) is 4.91. The van der Waals surface area contributed by atoms with Crippen LogP contribution in [0.3, 0.4) is 0 Å². The third-order valence-electron chi connectivity index (χ3n) is 3.31. The van der Waals surface area contributed by atoms with Crippen molar-refractivity contribution in [2.45, 2.75) is 39.2 Å². The Morgan fingerprint density at radius 1 is 1.25 bits per heavy atom. The van der Waals surface area contributed by atoms with E-state index in [1.807, 2.05) is 12.1 Å². The van der Waals surface area contributed by atoms with Crippen LogP contribution in [-0.4, -0.2) is 26.5 Å². The number of halogens is 1. The van der Waals surface area contributed by atoms with E-state index < -0.39 is 9.84 Å². The standard InChI is InChI=1S/C15H24INO2S/c1-3-11-17-15(10-7-12-20(18,19)4-2)13-8-5-6-9-14(13)16/h5-6,8-9,15,17H,3-4,7,10-12H2,1-2H3. The summed E-state index contributed by atoms with van der Waals surface area (Å²) in [5, 5.41) is 3.53. The zero-order chi connectivity index (χ0) is 15.0. The molecule has 0 aromatic heterocycles. The predicted octanol–water partition coefficient (Wildman–Crippen LogP) is 3.55. The molecule has 0 bridgehead atoms. The highest BCUT2D eigenvalue weighted by Crippen LogP contribution is 2.24. The van der Waals surface area contributed by atoms with Crippen LogP contribution in [0.15, 0.2) is 24.3 Å². The van der Waals surface area contributed by atoms with Crippen molar-refractivity contribution >= 4 is 32.4 Å². The molecule has 20 heavy (non-hydrogen) atoms. The maximum absolute atomic E-state index is 11.6. The van der Waals surface area contributed by atoms with E-state index >= 15 is 0 Å². The van der Waals surface area contributed by atoms with E-state index in [9.17, 15) is 8.42 Å². The Bertz CT molecular complexity index is 502. The summed E-state index contributed by atoms with van der Waals surface area (Å²) in [6.07, 6.45) is 2.65. The van der Waals surface area contributed by atoms with Gasteiger partial charge < -0.3 is 5.32 Å². The van der Waals surface area contributed by atoms with Gasteiger partial charge in [-0.2, -0.15) is 0 Å². The van der Waals surface area contributed by atoms with Crippen LogP contribution in [-0.2, 0) is 9.84 Å². The van der Waals surface area contributed by atoms with Gasteiger partial charge in [0, 0.05) is 15.4 Å². The molecule has 1 N–H and O–H groups in total. The Morgan fingerprint density at radius 3 is 2.55 bits per heavy atom. The molecule has 0 aliphatic carbocycles. The fourth-order valence-electron chi connectivity index (χ4n) is 2.10. The average molecular weight is 409 g/mol. The molecule has 1 atom stereocenters. The van der Waals surface area contributed by atoms with Crippen molar-refractivity contribution in [1.29, 1.82) is 0 Å². The van der Waals surface area contributed by atoms with E-state index in [2.05, 4.69) is 47.0 Å². The van der Waals surface area contributed by atoms with Crippen molar-refractivity contribution < 1.29 is 8.42 Å². The molecule has 0 saturated heterocycles. The van der Waals surface area contributed by atoms with Gasteiger partial charge >= 0.3 is 0 Å². The largest absolute Gasteiger partial charge is 0.310 e. The molecule has 0 aliphatic heterocycles. The normalized spacial score (nSPS) is 13.3. The number of sulfone groups is 1. The SMILES string of the molecule is CCCNC(CCCS(=O)(=O)CC)c1ccccc1I. The molecular formula is C15H24INO2S. The maximum Gasteiger partial charge on any atom is 0.150 e. The molecule has 0 aliphatic rings. The summed E-state index contributed by atoms with van der Waals surface area (Å²) in [5.41, 5.74) is 1.27. The fourth-order valence-corrected chi connectivity index (χ4v) is 3.75. The van der Waals surface area contributed by atoms with Gasteiger partial charge in [-0.05, 0) is 60.0 Å². The van der Waals surface area contributed by atoms with Gasteiger partial charge in [-0.15, -0.1) is 0 Å². The summed E-state index contributed by atoms with van der Waals surface area (Å²) in [6.45, 7) is 4.81. The lowest BCUT2D eigenvalue weighted by Gasteiger charge is -2.20. The van der Waals surface area contributed by atoms with E-state index in [-0.39, 0.29) is 17.5 Å². The van der Waals surface area contributed by atoms with Crippen molar-refractivity contribution in [1.82, 2.24) is 5.32 Å². The predicted molar refractivity (Wildman–Crippen MR) is 93.8 cm³/mol. The highest BCUT2D eigenvalue weighted by Gasteiger charge is 2.15. The van der Waals surface area contributed by atoms with E-state index in [4.69, 9.17) is 0 Å². The summed E-state index contributed by atoms with van der Waals surface area (Å²) in [7, 11) is -2.86. The van der Waals surface area contributed by atoms with E-state index in [1.54, 1.807) is 6.92 Å². The minimum atomic E-state index is -2.86. The van der Waals surface area contributed by atoms with Crippen LogP contribution in [0, 0.1) is 3.57 Å². The first-order valence-corrected chi connectivity index (χ1v) is 10.1. The van der Waals surface area contributed by atoms with Gasteiger partial charge in [-0.25, -0.2) is 8.42 Å². The molecule has 0 spiro atoms. The van der Waals surface area contributed by atoms with Gasteiger partial charge in [0.15, 0.2) is 0 Å².